The summed E-state index contributed by atoms with van der Waals surface area (Å²) in [6.07, 6.45) is 4.88. The van der Waals surface area contributed by atoms with E-state index in [4.69, 9.17) is 5.26 Å². The Labute approximate surface area is 65.1 Å². The van der Waals surface area contributed by atoms with Gasteiger partial charge in [-0.05, 0) is 18.6 Å². The van der Waals surface area contributed by atoms with Crippen molar-refractivity contribution in [2.45, 2.75) is 13.3 Å². The van der Waals surface area contributed by atoms with E-state index in [0.717, 1.165) is 5.57 Å². The Hall–Kier alpha value is -1.36. The maximum absolute atomic E-state index is 12.7. The molecular weight excluding hydrogens is 141 g/mol. The number of nitrogens with zero attached hydrogens (tertiary/aromatic N) is 1. The van der Waals surface area contributed by atoms with E-state index >= 15 is 0 Å². The van der Waals surface area contributed by atoms with Crippen LogP contribution >= 0.6 is 0 Å². The van der Waals surface area contributed by atoms with Crippen LogP contribution in [0.1, 0.15) is 13.3 Å². The zero-order valence-electron chi connectivity index (χ0n) is 6.26. The maximum Gasteiger partial charge on any atom is 0.105 e. The lowest BCUT2D eigenvalue weighted by atomic mass is 10.1. The third-order valence-electron chi connectivity index (χ3n) is 1.58. The molecule has 0 aromatic heterocycles. The van der Waals surface area contributed by atoms with Crippen LogP contribution in [0.5, 0.6) is 0 Å². The molecule has 0 heterocycles. The number of hydrogen-bond donors (Lipinski definition) is 0. The third kappa shape index (κ3) is 1.78. The van der Waals surface area contributed by atoms with Gasteiger partial charge >= 0.3 is 0 Å². The van der Waals surface area contributed by atoms with Crippen molar-refractivity contribution in [3.8, 4) is 6.07 Å². The lowest BCUT2D eigenvalue weighted by molar-refractivity contribution is 0.614. The molecule has 1 aliphatic rings. The summed E-state index contributed by atoms with van der Waals surface area (Å²) in [6, 6.07) is 1.97. The fourth-order valence-electron chi connectivity index (χ4n) is 0.892. The number of hydrogen-bond acceptors (Lipinski definition) is 1. The SMILES string of the molecule is CC1=C(C#N)CC(F)=CC=C1. The van der Waals surface area contributed by atoms with Crippen LogP contribution in [-0.4, -0.2) is 0 Å². The van der Waals surface area contributed by atoms with Crippen molar-refractivity contribution in [1.82, 2.24) is 0 Å². The fraction of sp³-hybridized carbons (Fsp3) is 0.222. The molecule has 1 rings (SSSR count). The zero-order chi connectivity index (χ0) is 8.27. The van der Waals surface area contributed by atoms with Gasteiger partial charge in [0.25, 0.3) is 0 Å². The Morgan fingerprint density at radius 2 is 2.36 bits per heavy atom. The summed E-state index contributed by atoms with van der Waals surface area (Å²) < 4.78 is 12.7. The molecule has 0 amide bonds. The number of nitriles is 1. The fourth-order valence-corrected chi connectivity index (χ4v) is 0.892. The number of rotatable bonds is 0. The lowest BCUT2D eigenvalue weighted by Crippen LogP contribution is -1.82. The van der Waals surface area contributed by atoms with Crippen molar-refractivity contribution in [1.29, 1.82) is 5.26 Å². The van der Waals surface area contributed by atoms with Gasteiger partial charge in [-0.2, -0.15) is 5.26 Å². The second-order valence-corrected chi connectivity index (χ2v) is 2.42. The quantitative estimate of drug-likeness (QED) is 0.519. The molecule has 0 unspecified atom stereocenters. The van der Waals surface area contributed by atoms with Gasteiger partial charge in [-0.25, -0.2) is 4.39 Å². The summed E-state index contributed by atoms with van der Waals surface area (Å²) in [5.74, 6) is -0.255. The van der Waals surface area contributed by atoms with Gasteiger partial charge in [-0.3, -0.25) is 0 Å². The molecule has 0 N–H and O–H groups in total. The first kappa shape index (κ1) is 7.74. The molecule has 0 aromatic carbocycles. The summed E-state index contributed by atoms with van der Waals surface area (Å²) in [7, 11) is 0. The Kier molecular flexibility index (Phi) is 2.22. The molecule has 0 spiro atoms. The highest BCUT2D eigenvalue weighted by atomic mass is 19.1. The van der Waals surface area contributed by atoms with Crippen LogP contribution in [0.4, 0.5) is 4.39 Å². The minimum absolute atomic E-state index is 0.134. The van der Waals surface area contributed by atoms with E-state index < -0.39 is 0 Å². The monoisotopic (exact) mass is 149 g/mol. The van der Waals surface area contributed by atoms with Crippen LogP contribution in [0.2, 0.25) is 0 Å². The summed E-state index contributed by atoms with van der Waals surface area (Å²) in [4.78, 5) is 0. The van der Waals surface area contributed by atoms with Gasteiger partial charge in [0.05, 0.1) is 6.07 Å². The number of halogens is 1. The molecule has 1 nitrogen and oxygen atoms in total. The Bertz CT molecular complexity index is 289. The van der Waals surface area contributed by atoms with E-state index in [1.807, 2.05) is 13.0 Å². The molecule has 0 bridgehead atoms. The maximum atomic E-state index is 12.7. The topological polar surface area (TPSA) is 23.8 Å². The molecule has 56 valence electrons. The smallest absolute Gasteiger partial charge is 0.105 e. The van der Waals surface area contributed by atoms with E-state index in [1.165, 1.54) is 6.08 Å². The van der Waals surface area contributed by atoms with Crippen LogP contribution in [0.15, 0.2) is 35.2 Å². The van der Waals surface area contributed by atoms with Crippen LogP contribution in [0.25, 0.3) is 0 Å². The summed E-state index contributed by atoms with van der Waals surface area (Å²) in [6.45, 7) is 1.81. The second-order valence-electron chi connectivity index (χ2n) is 2.42. The lowest BCUT2D eigenvalue weighted by Gasteiger charge is -1.95. The van der Waals surface area contributed by atoms with Gasteiger partial charge in [0.2, 0.25) is 0 Å². The molecule has 0 fully saturated rings. The van der Waals surface area contributed by atoms with Crippen molar-refractivity contribution < 1.29 is 4.39 Å². The van der Waals surface area contributed by atoms with Gasteiger partial charge in [0, 0.05) is 12.0 Å². The molecule has 1 aliphatic carbocycles. The predicted octanol–water partition coefficient (Wildman–Crippen LogP) is 2.64. The van der Waals surface area contributed by atoms with Gasteiger partial charge in [-0.15, -0.1) is 0 Å². The molecule has 0 aliphatic heterocycles. The molecule has 0 aromatic rings. The van der Waals surface area contributed by atoms with Crippen LogP contribution in [0, 0.1) is 11.3 Å². The first-order valence-corrected chi connectivity index (χ1v) is 3.36. The van der Waals surface area contributed by atoms with Crippen molar-refractivity contribution >= 4 is 0 Å². The summed E-state index contributed by atoms with van der Waals surface area (Å²) >= 11 is 0. The van der Waals surface area contributed by atoms with Crippen molar-refractivity contribution in [2.75, 3.05) is 0 Å². The average Bonchev–Trinajstić information content (AvgIpc) is 2.13. The van der Waals surface area contributed by atoms with Crippen LogP contribution < -0.4 is 0 Å². The van der Waals surface area contributed by atoms with E-state index in [2.05, 4.69) is 0 Å². The predicted molar refractivity (Wildman–Crippen MR) is 41.3 cm³/mol. The highest BCUT2D eigenvalue weighted by molar-refractivity contribution is 5.39. The number of allylic oxidation sites excluding steroid dienone is 6. The van der Waals surface area contributed by atoms with Gasteiger partial charge in [0.15, 0.2) is 0 Å². The van der Waals surface area contributed by atoms with Gasteiger partial charge in [-0.1, -0.05) is 12.2 Å². The minimum atomic E-state index is -0.255. The molecule has 0 saturated carbocycles. The van der Waals surface area contributed by atoms with Crippen molar-refractivity contribution in [3.05, 3.63) is 35.2 Å². The van der Waals surface area contributed by atoms with Crippen LogP contribution in [0.3, 0.4) is 0 Å². The first-order chi connectivity index (χ1) is 5.24. The highest BCUT2D eigenvalue weighted by Gasteiger charge is 2.05. The van der Waals surface area contributed by atoms with E-state index in [0.29, 0.717) is 5.57 Å². The molecule has 11 heavy (non-hydrogen) atoms. The van der Waals surface area contributed by atoms with Crippen LogP contribution in [-0.2, 0) is 0 Å². The standard InChI is InChI=1S/C9H8FN/c1-7-3-2-4-9(10)5-8(7)6-11/h2-4H,5H2,1H3. The van der Waals surface area contributed by atoms with Gasteiger partial charge < -0.3 is 0 Å². The van der Waals surface area contributed by atoms with E-state index in [9.17, 15) is 4.39 Å². The zero-order valence-corrected chi connectivity index (χ0v) is 6.26. The molecular formula is C9H8FN. The normalized spacial score (nSPS) is 17.4. The molecule has 0 radical (unpaired) electrons. The first-order valence-electron chi connectivity index (χ1n) is 3.36. The minimum Gasteiger partial charge on any atom is -0.211 e. The summed E-state index contributed by atoms with van der Waals surface area (Å²) in [5, 5.41) is 8.57. The molecule has 2 heteroatoms. The van der Waals surface area contributed by atoms with Crippen molar-refractivity contribution in [2.24, 2.45) is 0 Å². The largest absolute Gasteiger partial charge is 0.211 e. The third-order valence-corrected chi connectivity index (χ3v) is 1.58. The van der Waals surface area contributed by atoms with Gasteiger partial charge in [0.1, 0.15) is 5.83 Å². The Morgan fingerprint density at radius 3 is 3.00 bits per heavy atom. The Morgan fingerprint density at radius 1 is 1.64 bits per heavy atom. The highest BCUT2D eigenvalue weighted by Crippen LogP contribution is 2.19. The molecule has 0 atom stereocenters. The second kappa shape index (κ2) is 3.16. The van der Waals surface area contributed by atoms with E-state index in [1.54, 1.807) is 12.2 Å². The van der Waals surface area contributed by atoms with E-state index in [-0.39, 0.29) is 12.2 Å². The molecule has 0 saturated heterocycles. The Balaban J connectivity index is 3.01. The summed E-state index contributed by atoms with van der Waals surface area (Å²) in [5.41, 5.74) is 1.35. The van der Waals surface area contributed by atoms with Crippen molar-refractivity contribution in [3.63, 3.8) is 0 Å². The average molecular weight is 149 g/mol.